The Bertz CT molecular complexity index is 184. The van der Waals surface area contributed by atoms with E-state index in [1.54, 1.807) is 28.2 Å². The molecule has 0 amide bonds. The third-order valence-electron chi connectivity index (χ3n) is 3.00. The maximum atomic E-state index is 4.33. The van der Waals surface area contributed by atoms with Gasteiger partial charge in [-0.25, -0.2) is 0 Å². The zero-order valence-corrected chi connectivity index (χ0v) is 19.7. The molecule has 0 bridgehead atoms. The van der Waals surface area contributed by atoms with Gasteiger partial charge in [0.2, 0.25) is 0 Å². The Morgan fingerprint density at radius 1 is 1.00 bits per heavy atom. The van der Waals surface area contributed by atoms with Crippen molar-refractivity contribution in [2.24, 2.45) is 0 Å². The van der Waals surface area contributed by atoms with Gasteiger partial charge in [-0.1, -0.05) is 41.9 Å². The van der Waals surface area contributed by atoms with Crippen molar-refractivity contribution in [1.82, 2.24) is 0 Å². The summed E-state index contributed by atoms with van der Waals surface area (Å²) in [4.78, 5) is 0.793. The summed E-state index contributed by atoms with van der Waals surface area (Å²) < 4.78 is 0. The van der Waals surface area contributed by atoms with Crippen molar-refractivity contribution in [1.29, 1.82) is 0 Å². The smallest absolute Gasteiger partial charge is 0.668 e. The van der Waals surface area contributed by atoms with Crippen LogP contribution in [-0.4, -0.2) is 54.3 Å². The monoisotopic (exact) mass is 441 g/mol. The molecule has 0 saturated heterocycles. The van der Waals surface area contributed by atoms with Gasteiger partial charge in [-0.2, -0.15) is 41.4 Å². The number of alkyl halides is 1. The van der Waals surface area contributed by atoms with E-state index in [1.165, 1.54) is 19.3 Å². The molecule has 0 aromatic heterocycles. The summed E-state index contributed by atoms with van der Waals surface area (Å²) in [6, 6.07) is 0. The molecule has 0 spiro atoms. The molecule has 2 atom stereocenters. The molecule has 0 aromatic rings. The molecule has 0 aromatic carbocycles. The first-order valence-electron chi connectivity index (χ1n) is 6.56. The van der Waals surface area contributed by atoms with Crippen molar-refractivity contribution < 1.29 is 26.2 Å². The molecule has 0 radical (unpaired) electrons. The SMILES string of the molecule is C[N-]C.C[N-]C.C[N-]C[Si](C)(C)C1CCCC1Br.[CH3-].[Zr+4]. The van der Waals surface area contributed by atoms with E-state index in [2.05, 4.69) is 45.0 Å². The van der Waals surface area contributed by atoms with Gasteiger partial charge < -0.3 is 23.4 Å². The van der Waals surface area contributed by atoms with Gasteiger partial charge in [0, 0.05) is 12.9 Å². The van der Waals surface area contributed by atoms with Crippen LogP contribution in [-0.2, 0) is 26.2 Å². The quantitative estimate of drug-likeness (QED) is 0.325. The second-order valence-corrected chi connectivity index (χ2v) is 11.6. The van der Waals surface area contributed by atoms with Crippen LogP contribution >= 0.6 is 15.9 Å². The average Bonchev–Trinajstić information content (AvgIpc) is 2.67. The van der Waals surface area contributed by atoms with Gasteiger partial charge in [-0.05, 0) is 12.0 Å². The van der Waals surface area contributed by atoms with Crippen LogP contribution in [0, 0.1) is 7.43 Å². The molecule has 0 aliphatic heterocycles. The maximum Gasteiger partial charge on any atom is 4.00 e. The largest absolute Gasteiger partial charge is 4.00 e. The van der Waals surface area contributed by atoms with E-state index in [-0.39, 0.29) is 33.6 Å². The summed E-state index contributed by atoms with van der Waals surface area (Å²) in [6.45, 7) is 4.95. The van der Waals surface area contributed by atoms with Crippen LogP contribution in [0.5, 0.6) is 0 Å². The minimum atomic E-state index is -1.05. The number of rotatable bonds is 3. The molecule has 120 valence electrons. The van der Waals surface area contributed by atoms with Gasteiger partial charge >= 0.3 is 26.2 Å². The minimum absolute atomic E-state index is 0. The van der Waals surface area contributed by atoms with E-state index < -0.39 is 8.07 Å². The molecule has 0 N–H and O–H groups in total. The number of hydrogen-bond donors (Lipinski definition) is 0. The first-order valence-corrected chi connectivity index (χ1v) is 10.8. The molecule has 0 heterocycles. The zero-order valence-electron chi connectivity index (χ0n) is 14.7. The molecule has 2 unspecified atom stereocenters. The molecule has 1 aliphatic rings. The van der Waals surface area contributed by atoms with Gasteiger partial charge in [0.05, 0.1) is 0 Å². The molecule has 1 saturated carbocycles. The number of halogens is 1. The Morgan fingerprint density at radius 2 is 1.40 bits per heavy atom. The van der Waals surface area contributed by atoms with Crippen molar-refractivity contribution in [3.05, 3.63) is 23.4 Å². The summed E-state index contributed by atoms with van der Waals surface area (Å²) in [5, 5.41) is 11.3. The van der Waals surface area contributed by atoms with Crippen molar-refractivity contribution in [3.8, 4) is 0 Å². The molecular formula is C14H34BrN3SiZr. The number of nitrogens with zero attached hydrogens (tertiary/aromatic N) is 3. The fraction of sp³-hybridized carbons (Fsp3) is 0.929. The van der Waals surface area contributed by atoms with Crippen LogP contribution in [0.2, 0.25) is 18.6 Å². The molecule has 20 heavy (non-hydrogen) atoms. The summed E-state index contributed by atoms with van der Waals surface area (Å²) in [5.41, 5.74) is 0.959. The second-order valence-electron chi connectivity index (χ2n) is 5.41. The van der Waals surface area contributed by atoms with Crippen molar-refractivity contribution in [2.75, 3.05) is 41.4 Å². The van der Waals surface area contributed by atoms with Gasteiger partial charge in [-0.3, -0.25) is 0 Å². The van der Waals surface area contributed by atoms with E-state index in [4.69, 9.17) is 0 Å². The first-order chi connectivity index (χ1) is 8.40. The third-order valence-corrected chi connectivity index (χ3v) is 8.41. The topological polar surface area (TPSA) is 42.3 Å². The second kappa shape index (κ2) is 18.5. The Balaban J connectivity index is -0.000000139. The van der Waals surface area contributed by atoms with Crippen LogP contribution in [0.1, 0.15) is 19.3 Å². The Kier molecular flexibility index (Phi) is 27.3. The average molecular weight is 444 g/mol. The summed E-state index contributed by atoms with van der Waals surface area (Å²) >= 11 is 3.80. The normalized spacial score (nSPS) is 20.4. The standard InChI is InChI=1S/C9H19BrNSi.2C2H6N.CH3.Zr/c1-11-7-12(2,3)9-6-4-5-8(9)10;2*1-3-2;;/h8-9H,4-7H2,1-3H3;2*1-2H3;1H3;/q4*-1;+4. The Labute approximate surface area is 157 Å². The fourth-order valence-electron chi connectivity index (χ4n) is 2.32. The van der Waals surface area contributed by atoms with E-state index in [1.807, 2.05) is 7.05 Å². The van der Waals surface area contributed by atoms with E-state index in [9.17, 15) is 0 Å². The van der Waals surface area contributed by atoms with Crippen LogP contribution in [0.25, 0.3) is 16.0 Å². The zero-order chi connectivity index (χ0) is 14.6. The van der Waals surface area contributed by atoms with Gasteiger partial charge in [0.1, 0.15) is 0 Å². The van der Waals surface area contributed by atoms with Gasteiger partial charge in [0.15, 0.2) is 0 Å². The predicted octanol–water partition coefficient (Wildman–Crippen LogP) is 5.24. The third kappa shape index (κ3) is 14.4. The Morgan fingerprint density at radius 3 is 1.65 bits per heavy atom. The molecule has 6 heteroatoms. The minimum Gasteiger partial charge on any atom is -0.668 e. The predicted molar refractivity (Wildman–Crippen MR) is 98.8 cm³/mol. The summed E-state index contributed by atoms with van der Waals surface area (Å²) in [6.07, 6.45) is 5.37. The number of hydrogen-bond acceptors (Lipinski definition) is 0. The Hall–Kier alpha value is 1.46. The van der Waals surface area contributed by atoms with Crippen molar-refractivity contribution in [2.45, 2.75) is 42.7 Å². The fourth-order valence-corrected chi connectivity index (χ4v) is 8.24. The molecule has 1 rings (SSSR count). The van der Waals surface area contributed by atoms with Crippen LogP contribution < -0.4 is 0 Å². The van der Waals surface area contributed by atoms with Crippen molar-refractivity contribution >= 4 is 24.0 Å². The molecular weight excluding hydrogens is 409 g/mol. The van der Waals surface area contributed by atoms with E-state index >= 15 is 0 Å². The maximum absolute atomic E-state index is 4.33. The summed E-state index contributed by atoms with van der Waals surface area (Å²) in [7, 11) is 7.90. The molecule has 1 aliphatic carbocycles. The van der Waals surface area contributed by atoms with Crippen LogP contribution in [0.4, 0.5) is 0 Å². The van der Waals surface area contributed by atoms with E-state index in [0.717, 1.165) is 16.5 Å². The van der Waals surface area contributed by atoms with Crippen LogP contribution in [0.15, 0.2) is 0 Å². The summed E-state index contributed by atoms with van der Waals surface area (Å²) in [5.74, 6) is 0. The van der Waals surface area contributed by atoms with Crippen LogP contribution in [0.3, 0.4) is 0 Å². The van der Waals surface area contributed by atoms with Gasteiger partial charge in [-0.15, -0.1) is 0 Å². The molecule has 1 fully saturated rings. The van der Waals surface area contributed by atoms with E-state index in [0.29, 0.717) is 0 Å². The molecule has 3 nitrogen and oxygen atoms in total. The van der Waals surface area contributed by atoms with Crippen molar-refractivity contribution in [3.63, 3.8) is 0 Å². The first kappa shape index (κ1) is 29.5. The van der Waals surface area contributed by atoms with Gasteiger partial charge in [0.25, 0.3) is 0 Å².